The number of phosphoric ester groups is 1. The van der Waals surface area contributed by atoms with E-state index in [1.807, 2.05) is 27.2 Å². The van der Waals surface area contributed by atoms with E-state index < -0.39 is 20.0 Å². The highest BCUT2D eigenvalue weighted by Crippen LogP contribution is 2.43. The van der Waals surface area contributed by atoms with Crippen molar-refractivity contribution in [1.82, 2.24) is 5.32 Å². The number of nitrogens with one attached hydrogen (secondary N) is 1. The van der Waals surface area contributed by atoms with Crippen molar-refractivity contribution in [3.8, 4) is 0 Å². The highest BCUT2D eigenvalue weighted by Gasteiger charge is 2.27. The van der Waals surface area contributed by atoms with Crippen LogP contribution >= 0.6 is 7.82 Å². The van der Waals surface area contributed by atoms with Crippen molar-refractivity contribution in [2.45, 2.75) is 219 Å². The molecule has 0 spiro atoms. The number of hydrogen-bond donors (Lipinski definition) is 3. The standard InChI is InChI=1S/C43H87N2O6P/c1-6-8-10-12-14-15-16-17-18-19-20-21-22-23-24-25-26-27-28-29-30-31-32-34-36-42(46)41(44-43(47)37-35-33-13-11-9-7-2)40-51-52(48,49)50-39-38-45(3,4)5/h34,36,41-42,46H,6-33,35,37-40H2,1-5H3,(H-,44,47,48,49)/p+1/b36-34+. The first-order chi connectivity index (χ1) is 25.0. The lowest BCUT2D eigenvalue weighted by Crippen LogP contribution is -2.45. The topological polar surface area (TPSA) is 105 Å². The summed E-state index contributed by atoms with van der Waals surface area (Å²) in [5, 5.41) is 13.7. The van der Waals surface area contributed by atoms with Gasteiger partial charge in [0.05, 0.1) is 39.9 Å². The van der Waals surface area contributed by atoms with Gasteiger partial charge in [0, 0.05) is 6.42 Å². The van der Waals surface area contributed by atoms with Crippen LogP contribution in [0.3, 0.4) is 0 Å². The number of hydrogen-bond acceptors (Lipinski definition) is 5. The molecule has 0 fully saturated rings. The molecule has 3 unspecified atom stereocenters. The van der Waals surface area contributed by atoms with Gasteiger partial charge < -0.3 is 19.8 Å². The zero-order valence-electron chi connectivity index (χ0n) is 35.1. The van der Waals surface area contributed by atoms with Crippen LogP contribution in [0.15, 0.2) is 12.2 Å². The first kappa shape index (κ1) is 51.2. The summed E-state index contributed by atoms with van der Waals surface area (Å²) < 4.78 is 23.4. The van der Waals surface area contributed by atoms with E-state index in [0.29, 0.717) is 17.4 Å². The third-order valence-electron chi connectivity index (χ3n) is 10.0. The molecule has 3 atom stereocenters. The smallest absolute Gasteiger partial charge is 0.387 e. The molecule has 0 aromatic carbocycles. The predicted octanol–water partition coefficient (Wildman–Crippen LogP) is 12.0. The van der Waals surface area contributed by atoms with Crippen LogP contribution in [0.4, 0.5) is 0 Å². The van der Waals surface area contributed by atoms with E-state index in [1.165, 1.54) is 154 Å². The van der Waals surface area contributed by atoms with E-state index in [4.69, 9.17) is 9.05 Å². The Morgan fingerprint density at radius 2 is 1.02 bits per heavy atom. The summed E-state index contributed by atoms with van der Waals surface area (Å²) in [7, 11) is 1.58. The number of nitrogens with zero attached hydrogens (tertiary/aromatic N) is 1. The van der Waals surface area contributed by atoms with Crippen LogP contribution < -0.4 is 5.32 Å². The summed E-state index contributed by atoms with van der Waals surface area (Å²) in [6.45, 7) is 4.76. The Balaban J connectivity index is 4.12. The number of allylic oxidation sites excluding steroid dienone is 1. The van der Waals surface area contributed by atoms with Gasteiger partial charge in [-0.2, -0.15) is 0 Å². The van der Waals surface area contributed by atoms with Crippen LogP contribution in [0, 0.1) is 0 Å². The Morgan fingerprint density at radius 3 is 1.42 bits per heavy atom. The first-order valence-electron chi connectivity index (χ1n) is 22.1. The van der Waals surface area contributed by atoms with Crippen LogP contribution in [-0.4, -0.2) is 73.4 Å². The number of amides is 1. The normalized spacial score (nSPS) is 14.5. The zero-order chi connectivity index (χ0) is 38.6. The van der Waals surface area contributed by atoms with Crippen LogP contribution in [0.5, 0.6) is 0 Å². The molecule has 0 bridgehead atoms. The zero-order valence-corrected chi connectivity index (χ0v) is 36.0. The quantitative estimate of drug-likeness (QED) is 0.0249. The fourth-order valence-corrected chi connectivity index (χ4v) is 7.19. The number of carbonyl (C=O) groups excluding carboxylic acids is 1. The molecule has 1 amide bonds. The summed E-state index contributed by atoms with van der Waals surface area (Å²) in [5.74, 6) is -0.185. The van der Waals surface area contributed by atoms with Gasteiger partial charge >= 0.3 is 7.82 Å². The Hall–Kier alpha value is -0.760. The average molecular weight is 760 g/mol. The highest BCUT2D eigenvalue weighted by atomic mass is 31.2. The fourth-order valence-electron chi connectivity index (χ4n) is 6.45. The van der Waals surface area contributed by atoms with E-state index >= 15 is 0 Å². The highest BCUT2D eigenvalue weighted by molar-refractivity contribution is 7.47. The Labute approximate surface area is 322 Å². The van der Waals surface area contributed by atoms with Crippen molar-refractivity contribution in [2.24, 2.45) is 0 Å². The van der Waals surface area contributed by atoms with Crippen LogP contribution in [0.1, 0.15) is 206 Å². The van der Waals surface area contributed by atoms with Crippen molar-refractivity contribution in [2.75, 3.05) is 40.9 Å². The van der Waals surface area contributed by atoms with Gasteiger partial charge in [0.2, 0.25) is 5.91 Å². The van der Waals surface area contributed by atoms with Crippen molar-refractivity contribution in [3.05, 3.63) is 12.2 Å². The molecule has 0 aliphatic rings. The van der Waals surface area contributed by atoms with Crippen molar-refractivity contribution in [1.29, 1.82) is 0 Å². The SMILES string of the molecule is CCCCCCCCCCCCCCCCCCCCCCCC/C=C/C(O)C(COP(=O)(O)OCC[N+](C)(C)C)NC(=O)CCCCCCCC. The van der Waals surface area contributed by atoms with E-state index in [9.17, 15) is 19.4 Å². The van der Waals surface area contributed by atoms with Crippen molar-refractivity contribution >= 4 is 13.7 Å². The number of unbranched alkanes of at least 4 members (excludes halogenated alkanes) is 27. The molecule has 0 aromatic heterocycles. The number of aliphatic hydroxyl groups is 1. The minimum absolute atomic E-state index is 0.0638. The van der Waals surface area contributed by atoms with Crippen LogP contribution in [-0.2, 0) is 18.4 Å². The molecular formula is C43H88N2O6P+. The maximum atomic E-state index is 12.7. The molecular weight excluding hydrogens is 671 g/mol. The molecule has 8 nitrogen and oxygen atoms in total. The first-order valence-corrected chi connectivity index (χ1v) is 23.6. The van der Waals surface area contributed by atoms with Gasteiger partial charge in [0.15, 0.2) is 0 Å². The number of phosphoric acid groups is 1. The predicted molar refractivity (Wildman–Crippen MR) is 222 cm³/mol. The van der Waals surface area contributed by atoms with Crippen LogP contribution in [0.2, 0.25) is 0 Å². The van der Waals surface area contributed by atoms with Gasteiger partial charge in [0.1, 0.15) is 13.2 Å². The largest absolute Gasteiger partial charge is 0.472 e. The third-order valence-corrected chi connectivity index (χ3v) is 11.0. The van der Waals surface area contributed by atoms with Gasteiger partial charge in [-0.15, -0.1) is 0 Å². The van der Waals surface area contributed by atoms with Gasteiger partial charge in [-0.25, -0.2) is 4.57 Å². The number of aliphatic hydroxyl groups excluding tert-OH is 1. The molecule has 0 aliphatic heterocycles. The second kappa shape index (κ2) is 35.9. The van der Waals surface area contributed by atoms with Gasteiger partial charge in [0.25, 0.3) is 0 Å². The summed E-state index contributed by atoms with van der Waals surface area (Å²) in [6, 6.07) is -0.837. The lowest BCUT2D eigenvalue weighted by atomic mass is 10.0. The third kappa shape index (κ3) is 37.6. The lowest BCUT2D eigenvalue weighted by Gasteiger charge is -2.25. The minimum atomic E-state index is -4.32. The lowest BCUT2D eigenvalue weighted by molar-refractivity contribution is -0.870. The average Bonchev–Trinajstić information content (AvgIpc) is 3.09. The Bertz CT molecular complexity index is 865. The van der Waals surface area contributed by atoms with Crippen molar-refractivity contribution < 1.29 is 32.9 Å². The van der Waals surface area contributed by atoms with Gasteiger partial charge in [-0.05, 0) is 19.3 Å². The molecule has 0 radical (unpaired) electrons. The maximum Gasteiger partial charge on any atom is 0.472 e. The Kier molecular flexibility index (Phi) is 35.4. The fraction of sp³-hybridized carbons (Fsp3) is 0.930. The summed E-state index contributed by atoms with van der Waals surface area (Å²) in [4.78, 5) is 22.9. The molecule has 0 heterocycles. The van der Waals surface area contributed by atoms with Gasteiger partial charge in [-0.3, -0.25) is 13.8 Å². The summed E-state index contributed by atoms with van der Waals surface area (Å²) in [6.07, 6.45) is 40.3. The molecule has 0 aromatic rings. The van der Waals surface area contributed by atoms with Crippen molar-refractivity contribution in [3.63, 3.8) is 0 Å². The molecule has 3 N–H and O–H groups in total. The summed E-state index contributed by atoms with van der Waals surface area (Å²) >= 11 is 0. The Morgan fingerprint density at radius 1 is 0.635 bits per heavy atom. The molecule has 9 heteroatoms. The van der Waals surface area contributed by atoms with E-state index in [1.54, 1.807) is 6.08 Å². The van der Waals surface area contributed by atoms with Crippen LogP contribution in [0.25, 0.3) is 0 Å². The second-order valence-corrected chi connectivity index (χ2v) is 17.9. The molecule has 0 saturated carbocycles. The van der Waals surface area contributed by atoms with Gasteiger partial charge in [-0.1, -0.05) is 193 Å². The monoisotopic (exact) mass is 760 g/mol. The maximum absolute atomic E-state index is 12.7. The van der Waals surface area contributed by atoms with E-state index in [-0.39, 0.29) is 19.1 Å². The molecule has 0 rings (SSSR count). The number of likely N-dealkylation sites (N-methyl/N-ethyl adjacent to an activating group) is 1. The molecule has 0 saturated heterocycles. The summed E-state index contributed by atoms with van der Waals surface area (Å²) in [5.41, 5.74) is 0. The molecule has 310 valence electrons. The number of quaternary nitrogens is 1. The van der Waals surface area contributed by atoms with E-state index in [2.05, 4.69) is 19.2 Å². The molecule has 52 heavy (non-hydrogen) atoms. The second-order valence-electron chi connectivity index (χ2n) is 16.4. The number of carbonyl (C=O) groups is 1. The molecule has 0 aliphatic carbocycles. The minimum Gasteiger partial charge on any atom is -0.387 e. The van der Waals surface area contributed by atoms with E-state index in [0.717, 1.165) is 32.1 Å². The number of rotatable bonds is 40.